The van der Waals surface area contributed by atoms with Gasteiger partial charge in [0.2, 0.25) is 5.91 Å². The minimum Gasteiger partial charge on any atom is -0.461 e. The Morgan fingerprint density at radius 1 is 1.36 bits per heavy atom. The summed E-state index contributed by atoms with van der Waals surface area (Å²) in [5.74, 6) is -0.268. The number of rotatable bonds is 3. The van der Waals surface area contributed by atoms with Gasteiger partial charge in [0.1, 0.15) is 6.10 Å². The standard InChI is InChI=1S/C18H27NO3/c1-13-6-5-10-18(3,4)16(13)7-8-17(21)19-11-9-15(12-19)22-14(2)20/h7-8,15H,5-6,9-12H2,1-4H3/b8-7+/t15-/m0/s1. The van der Waals surface area contributed by atoms with E-state index in [2.05, 4.69) is 20.8 Å². The van der Waals surface area contributed by atoms with Crippen molar-refractivity contribution in [2.24, 2.45) is 5.41 Å². The number of carbonyl (C=O) groups excluding carboxylic acids is 2. The van der Waals surface area contributed by atoms with Gasteiger partial charge in [0, 0.05) is 26.0 Å². The van der Waals surface area contributed by atoms with Gasteiger partial charge in [0.25, 0.3) is 0 Å². The lowest BCUT2D eigenvalue weighted by Crippen LogP contribution is -2.29. The highest BCUT2D eigenvalue weighted by Gasteiger charge is 2.29. The summed E-state index contributed by atoms with van der Waals surface area (Å²) in [7, 11) is 0. The fraction of sp³-hybridized carbons (Fsp3) is 0.667. The Morgan fingerprint density at radius 3 is 2.73 bits per heavy atom. The molecule has 4 heteroatoms. The summed E-state index contributed by atoms with van der Waals surface area (Å²) in [6.07, 6.45) is 7.76. The molecule has 1 fully saturated rings. The fourth-order valence-electron chi connectivity index (χ4n) is 3.53. The van der Waals surface area contributed by atoms with Crippen molar-refractivity contribution < 1.29 is 14.3 Å². The average Bonchev–Trinajstić information content (AvgIpc) is 2.84. The zero-order valence-corrected chi connectivity index (χ0v) is 14.1. The fourth-order valence-corrected chi connectivity index (χ4v) is 3.53. The summed E-state index contributed by atoms with van der Waals surface area (Å²) in [5.41, 5.74) is 2.83. The Bertz CT molecular complexity index is 516. The van der Waals surface area contributed by atoms with Gasteiger partial charge < -0.3 is 9.64 Å². The van der Waals surface area contributed by atoms with Crippen LogP contribution in [0.5, 0.6) is 0 Å². The molecule has 122 valence electrons. The molecular formula is C18H27NO3. The molecule has 0 N–H and O–H groups in total. The van der Waals surface area contributed by atoms with Gasteiger partial charge in [0.15, 0.2) is 0 Å². The molecule has 22 heavy (non-hydrogen) atoms. The highest BCUT2D eigenvalue weighted by Crippen LogP contribution is 2.40. The smallest absolute Gasteiger partial charge is 0.302 e. The SMILES string of the molecule is CC(=O)O[C@H]1CCN(C(=O)/C=C/C2=C(C)CCCC2(C)C)C1. The maximum Gasteiger partial charge on any atom is 0.302 e. The molecule has 2 aliphatic rings. The van der Waals surface area contributed by atoms with Gasteiger partial charge in [0.05, 0.1) is 6.54 Å². The first kappa shape index (κ1) is 16.8. The van der Waals surface area contributed by atoms with Crippen molar-refractivity contribution in [1.82, 2.24) is 4.90 Å². The molecule has 0 aromatic carbocycles. The predicted octanol–water partition coefficient (Wildman–Crippen LogP) is 3.23. The van der Waals surface area contributed by atoms with Crippen LogP contribution in [0.15, 0.2) is 23.3 Å². The van der Waals surface area contributed by atoms with Gasteiger partial charge in [-0.1, -0.05) is 25.5 Å². The molecule has 0 unspecified atom stereocenters. The first-order valence-electron chi connectivity index (χ1n) is 8.14. The molecule has 0 bridgehead atoms. The van der Waals surface area contributed by atoms with Crippen molar-refractivity contribution >= 4 is 11.9 Å². The second-order valence-electron chi connectivity index (χ2n) is 7.07. The monoisotopic (exact) mass is 305 g/mol. The van der Waals surface area contributed by atoms with Crippen molar-refractivity contribution in [3.8, 4) is 0 Å². The molecule has 2 rings (SSSR count). The van der Waals surface area contributed by atoms with E-state index in [0.29, 0.717) is 13.1 Å². The summed E-state index contributed by atoms with van der Waals surface area (Å²) in [5, 5.41) is 0. The van der Waals surface area contributed by atoms with E-state index < -0.39 is 0 Å². The lowest BCUT2D eigenvalue weighted by Gasteiger charge is -2.33. The van der Waals surface area contributed by atoms with E-state index in [1.54, 1.807) is 11.0 Å². The topological polar surface area (TPSA) is 46.6 Å². The first-order valence-corrected chi connectivity index (χ1v) is 8.14. The molecule has 1 saturated heterocycles. The predicted molar refractivity (Wildman–Crippen MR) is 86.2 cm³/mol. The molecule has 1 heterocycles. The second-order valence-corrected chi connectivity index (χ2v) is 7.07. The van der Waals surface area contributed by atoms with Gasteiger partial charge in [-0.2, -0.15) is 0 Å². The largest absolute Gasteiger partial charge is 0.461 e. The minimum absolute atomic E-state index is 0.0105. The van der Waals surface area contributed by atoms with E-state index in [9.17, 15) is 9.59 Å². The Hall–Kier alpha value is -1.58. The van der Waals surface area contributed by atoms with Crippen molar-refractivity contribution in [1.29, 1.82) is 0 Å². The molecule has 0 spiro atoms. The average molecular weight is 305 g/mol. The molecule has 1 amide bonds. The van der Waals surface area contributed by atoms with Crippen LogP contribution in [0.1, 0.15) is 53.4 Å². The molecule has 0 aromatic heterocycles. The number of hydrogen-bond acceptors (Lipinski definition) is 3. The number of likely N-dealkylation sites (tertiary alicyclic amines) is 1. The number of nitrogens with zero attached hydrogens (tertiary/aromatic N) is 1. The van der Waals surface area contributed by atoms with Crippen LogP contribution in [0.25, 0.3) is 0 Å². The molecule has 4 nitrogen and oxygen atoms in total. The molecule has 1 aliphatic carbocycles. The number of allylic oxidation sites excluding steroid dienone is 3. The highest BCUT2D eigenvalue weighted by atomic mass is 16.5. The van der Waals surface area contributed by atoms with Gasteiger partial charge >= 0.3 is 5.97 Å². The summed E-state index contributed by atoms with van der Waals surface area (Å²) in [6.45, 7) is 9.22. The van der Waals surface area contributed by atoms with Crippen LogP contribution in [0.3, 0.4) is 0 Å². The van der Waals surface area contributed by atoms with Gasteiger partial charge in [-0.05, 0) is 37.2 Å². The molecular weight excluding hydrogens is 278 g/mol. The minimum atomic E-state index is -0.278. The Kier molecular flexibility index (Phi) is 5.09. The van der Waals surface area contributed by atoms with Crippen LogP contribution < -0.4 is 0 Å². The third kappa shape index (κ3) is 3.99. The van der Waals surface area contributed by atoms with E-state index in [1.165, 1.54) is 24.5 Å². The molecule has 1 atom stereocenters. The quantitative estimate of drug-likeness (QED) is 0.594. The van der Waals surface area contributed by atoms with Crippen LogP contribution in [0.4, 0.5) is 0 Å². The van der Waals surface area contributed by atoms with Crippen molar-refractivity contribution in [3.63, 3.8) is 0 Å². The van der Waals surface area contributed by atoms with Crippen molar-refractivity contribution in [2.75, 3.05) is 13.1 Å². The molecule has 0 radical (unpaired) electrons. The van der Waals surface area contributed by atoms with Gasteiger partial charge in [-0.3, -0.25) is 9.59 Å². The number of esters is 1. The summed E-state index contributed by atoms with van der Waals surface area (Å²) < 4.78 is 5.17. The summed E-state index contributed by atoms with van der Waals surface area (Å²) >= 11 is 0. The molecule has 1 aliphatic heterocycles. The highest BCUT2D eigenvalue weighted by molar-refractivity contribution is 5.88. The Labute approximate surface area is 133 Å². The maximum absolute atomic E-state index is 12.3. The Morgan fingerprint density at radius 2 is 2.09 bits per heavy atom. The lowest BCUT2D eigenvalue weighted by atomic mass is 9.72. The summed E-state index contributed by atoms with van der Waals surface area (Å²) in [6, 6.07) is 0. The number of amides is 1. The molecule has 0 saturated carbocycles. The van der Waals surface area contributed by atoms with Gasteiger partial charge in [-0.25, -0.2) is 0 Å². The summed E-state index contributed by atoms with van der Waals surface area (Å²) in [4.78, 5) is 25.0. The van der Waals surface area contributed by atoms with E-state index in [0.717, 1.165) is 19.3 Å². The van der Waals surface area contributed by atoms with Crippen LogP contribution in [-0.4, -0.2) is 36.0 Å². The normalized spacial score (nSPS) is 24.9. The van der Waals surface area contributed by atoms with E-state index in [1.807, 2.05) is 6.08 Å². The van der Waals surface area contributed by atoms with E-state index in [4.69, 9.17) is 4.74 Å². The third-order valence-electron chi connectivity index (χ3n) is 4.72. The maximum atomic E-state index is 12.3. The van der Waals surface area contributed by atoms with Crippen LogP contribution in [0.2, 0.25) is 0 Å². The van der Waals surface area contributed by atoms with E-state index in [-0.39, 0.29) is 23.4 Å². The zero-order chi connectivity index (χ0) is 16.3. The Balaban J connectivity index is 1.99. The zero-order valence-electron chi connectivity index (χ0n) is 14.1. The van der Waals surface area contributed by atoms with Crippen molar-refractivity contribution in [2.45, 2.75) is 59.5 Å². The van der Waals surface area contributed by atoms with Crippen LogP contribution in [-0.2, 0) is 14.3 Å². The third-order valence-corrected chi connectivity index (χ3v) is 4.72. The van der Waals surface area contributed by atoms with Gasteiger partial charge in [-0.15, -0.1) is 0 Å². The van der Waals surface area contributed by atoms with Crippen LogP contribution in [0, 0.1) is 5.41 Å². The number of ether oxygens (including phenoxy) is 1. The number of hydrogen-bond donors (Lipinski definition) is 0. The first-order chi connectivity index (χ1) is 10.3. The number of carbonyl (C=O) groups is 2. The van der Waals surface area contributed by atoms with E-state index >= 15 is 0 Å². The molecule has 0 aromatic rings. The van der Waals surface area contributed by atoms with Crippen molar-refractivity contribution in [3.05, 3.63) is 23.3 Å². The second kappa shape index (κ2) is 6.67. The lowest BCUT2D eigenvalue weighted by molar-refractivity contribution is -0.146. The van der Waals surface area contributed by atoms with Crippen LogP contribution >= 0.6 is 0 Å².